The lowest BCUT2D eigenvalue weighted by Crippen LogP contribution is -2.48. The van der Waals surface area contributed by atoms with Gasteiger partial charge in [0.2, 0.25) is 0 Å². The number of hydrogen-bond acceptors (Lipinski definition) is 5. The highest BCUT2D eigenvalue weighted by atomic mass is 16.6. The summed E-state index contributed by atoms with van der Waals surface area (Å²) in [6.07, 6.45) is 0.700. The molecule has 0 spiro atoms. The van der Waals surface area contributed by atoms with Gasteiger partial charge in [-0.2, -0.15) is 0 Å². The fourth-order valence-corrected chi connectivity index (χ4v) is 4.09. The van der Waals surface area contributed by atoms with Gasteiger partial charge in [-0.25, -0.2) is 4.79 Å². The third kappa shape index (κ3) is 7.11. The van der Waals surface area contributed by atoms with E-state index in [4.69, 9.17) is 9.47 Å². The molecule has 2 aliphatic rings. The topological polar surface area (TPSA) is 78.4 Å². The van der Waals surface area contributed by atoms with Crippen LogP contribution in [0.1, 0.15) is 38.8 Å². The summed E-state index contributed by atoms with van der Waals surface area (Å²) in [7, 11) is 1.81. The van der Waals surface area contributed by atoms with Crippen LogP contribution in [0.15, 0.2) is 35.3 Å². The smallest absolute Gasteiger partial charge is 0.408 e. The molecule has 1 aromatic rings. The third-order valence-corrected chi connectivity index (χ3v) is 5.59. The molecule has 0 aromatic heterocycles. The van der Waals surface area contributed by atoms with Crippen LogP contribution in [0.25, 0.3) is 0 Å². The molecule has 2 fully saturated rings. The molecule has 0 saturated carbocycles. The molecule has 0 radical (unpaired) electrons. The number of hydrogen-bond donors (Lipinski definition) is 2. The predicted octanol–water partition coefficient (Wildman–Crippen LogP) is 2.23. The molecule has 2 heterocycles. The first-order valence-corrected chi connectivity index (χ1v) is 11.2. The highest BCUT2D eigenvalue weighted by Gasteiger charge is 2.30. The van der Waals surface area contributed by atoms with Crippen molar-refractivity contribution in [3.63, 3.8) is 0 Å². The number of morpholine rings is 1. The van der Waals surface area contributed by atoms with Crippen molar-refractivity contribution < 1.29 is 14.3 Å². The summed E-state index contributed by atoms with van der Waals surface area (Å²) in [5, 5.41) is 6.47. The number of carbonyl (C=O) groups is 1. The van der Waals surface area contributed by atoms with Crippen molar-refractivity contribution in [3.8, 4) is 0 Å². The normalized spacial score (nSPS) is 21.6. The second kappa shape index (κ2) is 10.8. The van der Waals surface area contributed by atoms with Gasteiger partial charge in [0.1, 0.15) is 5.60 Å². The minimum Gasteiger partial charge on any atom is -0.444 e. The second-order valence-corrected chi connectivity index (χ2v) is 9.07. The summed E-state index contributed by atoms with van der Waals surface area (Å²) in [5.74, 6) is 0.864. The summed E-state index contributed by atoms with van der Waals surface area (Å²) >= 11 is 0. The van der Waals surface area contributed by atoms with Gasteiger partial charge >= 0.3 is 6.09 Å². The molecule has 0 bridgehead atoms. The Balaban J connectivity index is 1.59. The van der Waals surface area contributed by atoms with Crippen LogP contribution in [0, 0.1) is 0 Å². The van der Waals surface area contributed by atoms with Crippen LogP contribution in [0.4, 0.5) is 4.79 Å². The van der Waals surface area contributed by atoms with Gasteiger partial charge in [-0.1, -0.05) is 30.3 Å². The van der Waals surface area contributed by atoms with E-state index in [1.54, 1.807) is 0 Å². The molecule has 1 aromatic carbocycles. The van der Waals surface area contributed by atoms with E-state index in [0.29, 0.717) is 12.6 Å². The summed E-state index contributed by atoms with van der Waals surface area (Å²) in [6, 6.07) is 10.2. The van der Waals surface area contributed by atoms with Gasteiger partial charge in [-0.05, 0) is 32.8 Å². The molecular formula is C23H37N5O3. The molecule has 3 rings (SSSR count). The zero-order valence-corrected chi connectivity index (χ0v) is 19.3. The molecule has 31 heavy (non-hydrogen) atoms. The van der Waals surface area contributed by atoms with Crippen LogP contribution in [0.5, 0.6) is 0 Å². The lowest BCUT2D eigenvalue weighted by atomic mass is 10.1. The van der Waals surface area contributed by atoms with Gasteiger partial charge in [0.05, 0.1) is 19.3 Å². The van der Waals surface area contributed by atoms with Crippen molar-refractivity contribution in [2.45, 2.75) is 44.9 Å². The molecule has 2 aliphatic heterocycles. The van der Waals surface area contributed by atoms with Crippen LogP contribution in [0.3, 0.4) is 0 Å². The Labute approximate surface area is 186 Å². The standard InChI is InChI=1S/C23H37N5O3/c1-23(2,3)31-22(29)26-20(18-8-6-5-7-9-18)16-25-21(24-4)28-11-10-19(17-28)27-12-14-30-15-13-27/h5-9,19-20H,10-17H2,1-4H3,(H,24,25)(H,26,29). The fourth-order valence-electron chi connectivity index (χ4n) is 4.09. The SMILES string of the molecule is CN=C(NCC(NC(=O)OC(C)(C)C)c1ccccc1)N1CCC(N2CCOCC2)C1. The number of carbonyl (C=O) groups excluding carboxylic acids is 1. The Bertz CT molecular complexity index is 728. The Morgan fingerprint density at radius 1 is 1.23 bits per heavy atom. The van der Waals surface area contributed by atoms with Crippen LogP contribution in [-0.4, -0.2) is 86.5 Å². The van der Waals surface area contributed by atoms with E-state index < -0.39 is 11.7 Å². The third-order valence-electron chi connectivity index (χ3n) is 5.59. The minimum absolute atomic E-state index is 0.231. The molecule has 1 amide bonds. The van der Waals surface area contributed by atoms with Gasteiger partial charge in [-0.15, -0.1) is 0 Å². The second-order valence-electron chi connectivity index (χ2n) is 9.07. The summed E-state index contributed by atoms with van der Waals surface area (Å²) in [6.45, 7) is 11.7. The Morgan fingerprint density at radius 3 is 2.58 bits per heavy atom. The first-order chi connectivity index (χ1) is 14.9. The Kier molecular flexibility index (Phi) is 8.15. The monoisotopic (exact) mass is 431 g/mol. The zero-order chi connectivity index (χ0) is 22.3. The van der Waals surface area contributed by atoms with E-state index in [0.717, 1.165) is 57.3 Å². The first kappa shape index (κ1) is 23.3. The van der Waals surface area contributed by atoms with Crippen LogP contribution in [0.2, 0.25) is 0 Å². The molecule has 2 N–H and O–H groups in total. The van der Waals surface area contributed by atoms with E-state index in [2.05, 4.69) is 25.4 Å². The Hall–Kier alpha value is -2.32. The lowest BCUT2D eigenvalue weighted by Gasteiger charge is -2.32. The average Bonchev–Trinajstić information content (AvgIpc) is 3.23. The summed E-state index contributed by atoms with van der Waals surface area (Å²) in [5.41, 5.74) is 0.475. The maximum atomic E-state index is 12.4. The minimum atomic E-state index is -0.543. The molecule has 0 aliphatic carbocycles. The van der Waals surface area contributed by atoms with Crippen molar-refractivity contribution in [1.29, 1.82) is 0 Å². The van der Waals surface area contributed by atoms with Crippen molar-refractivity contribution in [2.75, 3.05) is 53.0 Å². The van der Waals surface area contributed by atoms with E-state index >= 15 is 0 Å². The lowest BCUT2D eigenvalue weighted by molar-refractivity contribution is 0.0194. The number of rotatable bonds is 5. The quantitative estimate of drug-likeness (QED) is 0.550. The number of likely N-dealkylation sites (tertiary alicyclic amines) is 1. The van der Waals surface area contributed by atoms with Crippen molar-refractivity contribution in [1.82, 2.24) is 20.4 Å². The molecule has 8 nitrogen and oxygen atoms in total. The van der Waals surface area contributed by atoms with Gasteiger partial charge in [0, 0.05) is 45.8 Å². The highest BCUT2D eigenvalue weighted by molar-refractivity contribution is 5.80. The molecule has 8 heteroatoms. The van der Waals surface area contributed by atoms with E-state index in [1.165, 1.54) is 0 Å². The van der Waals surface area contributed by atoms with E-state index in [-0.39, 0.29) is 6.04 Å². The van der Waals surface area contributed by atoms with Crippen molar-refractivity contribution in [3.05, 3.63) is 35.9 Å². The zero-order valence-electron chi connectivity index (χ0n) is 19.3. The molecule has 2 atom stereocenters. The summed E-state index contributed by atoms with van der Waals surface area (Å²) in [4.78, 5) is 21.7. The largest absolute Gasteiger partial charge is 0.444 e. The van der Waals surface area contributed by atoms with E-state index in [1.807, 2.05) is 58.2 Å². The van der Waals surface area contributed by atoms with Crippen LogP contribution >= 0.6 is 0 Å². The maximum absolute atomic E-state index is 12.4. The van der Waals surface area contributed by atoms with Gasteiger partial charge in [0.25, 0.3) is 0 Å². The van der Waals surface area contributed by atoms with Crippen LogP contribution in [-0.2, 0) is 9.47 Å². The number of aliphatic imine (C=N–C) groups is 1. The molecular weight excluding hydrogens is 394 g/mol. The van der Waals surface area contributed by atoms with Gasteiger partial charge in [0.15, 0.2) is 5.96 Å². The number of nitrogens with zero attached hydrogens (tertiary/aromatic N) is 3. The maximum Gasteiger partial charge on any atom is 0.408 e. The number of benzene rings is 1. The van der Waals surface area contributed by atoms with Gasteiger partial charge in [-0.3, -0.25) is 9.89 Å². The molecule has 2 unspecified atom stereocenters. The number of amides is 1. The first-order valence-electron chi connectivity index (χ1n) is 11.2. The van der Waals surface area contributed by atoms with Crippen molar-refractivity contribution in [2.24, 2.45) is 4.99 Å². The van der Waals surface area contributed by atoms with Crippen molar-refractivity contribution >= 4 is 12.1 Å². The number of nitrogens with one attached hydrogen (secondary N) is 2. The average molecular weight is 432 g/mol. The fraction of sp³-hybridized carbons (Fsp3) is 0.652. The highest BCUT2D eigenvalue weighted by Crippen LogP contribution is 2.18. The van der Waals surface area contributed by atoms with Crippen LogP contribution < -0.4 is 10.6 Å². The number of alkyl carbamates (subject to hydrolysis) is 1. The number of ether oxygens (including phenoxy) is 2. The van der Waals surface area contributed by atoms with Gasteiger partial charge < -0.3 is 25.0 Å². The molecule has 2 saturated heterocycles. The number of guanidine groups is 1. The Morgan fingerprint density at radius 2 is 1.94 bits per heavy atom. The summed E-state index contributed by atoms with van der Waals surface area (Å²) < 4.78 is 11.0. The predicted molar refractivity (Wildman–Crippen MR) is 122 cm³/mol. The molecule has 172 valence electrons. The van der Waals surface area contributed by atoms with E-state index in [9.17, 15) is 4.79 Å².